The second-order valence-electron chi connectivity index (χ2n) is 28.7. The zero-order valence-electron chi connectivity index (χ0n) is 59.5. The normalized spacial score (nSPS) is 24.8. The molecule has 1 aliphatic heterocycles. The van der Waals surface area contributed by atoms with E-state index in [0.29, 0.717) is 44.6 Å². The fourth-order valence-electron chi connectivity index (χ4n) is 10.8. The van der Waals surface area contributed by atoms with Crippen LogP contribution in [0.1, 0.15) is 160 Å². The van der Waals surface area contributed by atoms with Crippen LogP contribution in [0.2, 0.25) is 0 Å². The molecule has 0 saturated heterocycles. The number of ketones is 4. The second kappa shape index (κ2) is 38.0. The van der Waals surface area contributed by atoms with Crippen molar-refractivity contribution >= 4 is 67.2 Å². The minimum Gasteiger partial charge on any atom is -0.741 e. The number of Topliss-reactive ketones (excluding diaryl/α,β-unsaturated/α-hetero) is 4. The van der Waals surface area contributed by atoms with Crippen molar-refractivity contribution in [2.45, 2.75) is 195 Å². The minimum atomic E-state index is -6.09. The van der Waals surface area contributed by atoms with E-state index in [1.54, 1.807) is 49.1 Å². The second-order valence-corrected chi connectivity index (χ2v) is 31.5. The van der Waals surface area contributed by atoms with Crippen molar-refractivity contribution in [1.29, 1.82) is 0 Å². The standard InChI is InChI=1S/C68H88N4O14.2CHF3O3S.2Co/c1-65(2,3)49-33-45-29-41(61(49)77)37-69-53-17-13-14-18-54(53)70-38-42-30-46(34-50(62(42)78)66(4,5)6)85-59(75)23-27-82-28-24-60(76)86-48-32-44(64(80)52(36-48)68(10,11)12)40-72-56-20-16-15-19-55(56)71-39-43-31-47(35-51(63(43)79)67(7,8)9)84-58(74)22-26-81-25-21-57(73)83-45;2*2-1(3,4)8(5,6)7;;/h29-40,53-56,69-72H,13-28H2,1-12H3;2*(H,5,6,7);;/p-2/b41-37-,42-38-,43-39-,44-40-;;;;/t53-,54-,55-,56-;;;;/m1..../s1. The molecule has 2 radical (unpaired) electrons. The zero-order valence-corrected chi connectivity index (χ0v) is 63.2. The predicted octanol–water partition coefficient (Wildman–Crippen LogP) is 10.1. The predicted molar refractivity (Wildman–Crippen MR) is 355 cm³/mol. The number of hydrogen-bond acceptors (Lipinski definition) is 24. The monoisotopic (exact) mass is 1600 g/mol. The zero-order chi connectivity index (χ0) is 76.7. The van der Waals surface area contributed by atoms with Gasteiger partial charge in [-0.2, -0.15) is 26.3 Å². The van der Waals surface area contributed by atoms with Crippen molar-refractivity contribution in [2.24, 2.45) is 21.7 Å². The van der Waals surface area contributed by atoms with Crippen LogP contribution in [0.3, 0.4) is 0 Å². The van der Waals surface area contributed by atoms with Gasteiger partial charge >= 0.3 is 34.9 Å². The van der Waals surface area contributed by atoms with E-state index >= 15 is 0 Å². The average Bonchev–Trinajstić information content (AvgIpc) is 0.813. The van der Waals surface area contributed by atoms with Crippen LogP contribution in [-0.4, -0.2) is 135 Å². The van der Waals surface area contributed by atoms with Crippen LogP contribution < -0.4 is 21.3 Å². The SMILES string of the molecule is CC(C)(C)C1=CC2=C/C(=C/N[C@@H]3CCCC[C@H]3N/C=C3/C=C(C=C(C(C)(C)C)C3=O)OC(=O)CCOCCC(=O)OC3=C/C(=C/N[C@@H]4CCCC[C@H]4N/C=C4/C=C(C=C(C(C)(C)C)C4=O)OC(=O)CCOCCC(=O)O2)C(=O)C(C(C)(C)C)=C3)C1=O.O=S(=O)([O-])C(F)(F)F.O=S(=O)([O-])C(F)(F)F.[Co].[Co]. The third-order valence-electron chi connectivity index (χ3n) is 16.2. The molecule has 0 aromatic carbocycles. The van der Waals surface area contributed by atoms with E-state index in [-0.39, 0.29) is 156 Å². The Hall–Kier alpha value is -7.03. The smallest absolute Gasteiger partial charge is 0.485 e. The first-order valence-corrected chi connectivity index (χ1v) is 35.6. The maximum absolute atomic E-state index is 14.0. The summed E-state index contributed by atoms with van der Waals surface area (Å²) in [6, 6.07) is -0.666. The summed E-state index contributed by atoms with van der Waals surface area (Å²) in [5, 5.41) is 13.8. The summed E-state index contributed by atoms with van der Waals surface area (Å²) in [6.45, 7) is 22.6. The molecule has 8 bridgehead atoms. The first-order chi connectivity index (χ1) is 46.9. The number of fused-ring (bicyclic) bond motifs is 6. The van der Waals surface area contributed by atoms with Crippen molar-refractivity contribution in [2.75, 3.05) is 26.4 Å². The van der Waals surface area contributed by atoms with Gasteiger partial charge in [-0.25, -0.2) is 16.8 Å². The number of esters is 4. The fourth-order valence-corrected chi connectivity index (χ4v) is 10.8. The Labute approximate surface area is 622 Å². The maximum atomic E-state index is 14.0. The van der Waals surface area contributed by atoms with Crippen LogP contribution in [0.15, 0.2) is 141 Å². The fraction of sp³-hybridized carbons (Fsp3) is 0.543. The summed E-state index contributed by atoms with van der Waals surface area (Å²) >= 11 is 0. The molecule has 7 aliphatic rings. The van der Waals surface area contributed by atoms with Crippen LogP contribution in [-0.2, 0) is 121 Å². The molecule has 34 heteroatoms. The van der Waals surface area contributed by atoms with Gasteiger partial charge in [0.05, 0.1) is 52.1 Å². The van der Waals surface area contributed by atoms with Gasteiger partial charge in [0.1, 0.15) is 23.0 Å². The van der Waals surface area contributed by atoms with Gasteiger partial charge in [0.25, 0.3) is 0 Å². The molecule has 4 N–H and O–H groups in total. The van der Waals surface area contributed by atoms with Crippen molar-refractivity contribution in [3.05, 3.63) is 141 Å². The Bertz CT molecular complexity index is 3430. The number of halogens is 6. The Kier molecular flexibility index (Phi) is 33.3. The molecule has 4 atom stereocenters. The number of hydrogen-bond donors (Lipinski definition) is 4. The molecule has 0 amide bonds. The molecule has 2 fully saturated rings. The minimum absolute atomic E-state index is 0. The molecule has 1 heterocycles. The van der Waals surface area contributed by atoms with Gasteiger partial charge < -0.3 is 58.8 Å². The Balaban J connectivity index is 0.00000139. The van der Waals surface area contributed by atoms with Gasteiger partial charge in [0.2, 0.25) is 0 Å². The van der Waals surface area contributed by atoms with Crippen LogP contribution in [0, 0.1) is 21.7 Å². The van der Waals surface area contributed by atoms with Crippen molar-refractivity contribution in [3.63, 3.8) is 0 Å². The Morgan fingerprint density at radius 2 is 0.519 bits per heavy atom. The third kappa shape index (κ3) is 28.0. The van der Waals surface area contributed by atoms with Crippen molar-refractivity contribution < 1.29 is 153 Å². The number of carbonyl (C=O) groups excluding carboxylic acids is 8. The Morgan fingerprint density at radius 3 is 0.673 bits per heavy atom. The van der Waals surface area contributed by atoms with E-state index in [1.165, 1.54) is 24.3 Å². The first kappa shape index (κ1) is 91.2. The van der Waals surface area contributed by atoms with Gasteiger partial charge in [-0.3, -0.25) is 38.4 Å². The van der Waals surface area contributed by atoms with E-state index < -0.39 is 76.8 Å². The number of carbonyl (C=O) groups is 8. The van der Waals surface area contributed by atoms with E-state index in [2.05, 4.69) is 21.3 Å². The van der Waals surface area contributed by atoms with E-state index in [4.69, 9.17) is 54.4 Å². The van der Waals surface area contributed by atoms with Gasteiger partial charge in [0, 0.05) is 127 Å². The molecule has 6 aliphatic carbocycles. The number of ether oxygens (including phenoxy) is 6. The molecule has 582 valence electrons. The van der Waals surface area contributed by atoms with E-state index in [1.807, 2.05) is 83.1 Å². The molecular weight excluding hydrogens is 1510 g/mol. The molecule has 24 nitrogen and oxygen atoms in total. The first-order valence-electron chi connectivity index (χ1n) is 32.8. The molecule has 2 saturated carbocycles. The maximum Gasteiger partial charge on any atom is 0.485 e. The summed E-state index contributed by atoms with van der Waals surface area (Å²) in [4.78, 5) is 109. The van der Waals surface area contributed by atoms with Gasteiger partial charge in [0.15, 0.2) is 43.4 Å². The van der Waals surface area contributed by atoms with Gasteiger partial charge in [-0.05, 0) is 96.0 Å². The van der Waals surface area contributed by atoms with Crippen LogP contribution in [0.5, 0.6) is 0 Å². The topological polar surface area (TPSA) is 354 Å². The molecular formula is C70H88Co2F6N4O20S2-2. The summed E-state index contributed by atoms with van der Waals surface area (Å²) in [7, 11) is -12.2. The molecule has 7 rings (SSSR count). The largest absolute Gasteiger partial charge is 0.741 e. The van der Waals surface area contributed by atoms with E-state index in [0.717, 1.165) is 51.4 Å². The van der Waals surface area contributed by atoms with Gasteiger partial charge in [-0.15, -0.1) is 0 Å². The van der Waals surface area contributed by atoms with E-state index in [9.17, 15) is 64.7 Å². The summed E-state index contributed by atoms with van der Waals surface area (Å²) < 4.78 is 152. The number of nitrogens with one attached hydrogen (secondary N) is 4. The number of alkyl halides is 6. The van der Waals surface area contributed by atoms with Crippen LogP contribution in [0.25, 0.3) is 0 Å². The van der Waals surface area contributed by atoms with Gasteiger partial charge in [-0.1, -0.05) is 109 Å². The summed E-state index contributed by atoms with van der Waals surface area (Å²) in [5.74, 6) is -2.52. The number of allylic oxidation sites excluding steroid dienone is 16. The summed E-state index contributed by atoms with van der Waals surface area (Å²) in [5.41, 5.74) is -10.7. The van der Waals surface area contributed by atoms with Crippen molar-refractivity contribution in [3.8, 4) is 0 Å². The third-order valence-corrected chi connectivity index (χ3v) is 17.4. The van der Waals surface area contributed by atoms with Crippen LogP contribution in [0.4, 0.5) is 26.3 Å². The molecule has 0 aromatic rings. The van der Waals surface area contributed by atoms with Crippen LogP contribution >= 0.6 is 0 Å². The Morgan fingerprint density at radius 1 is 0.346 bits per heavy atom. The number of rotatable bonds is 0. The molecule has 0 aromatic heterocycles. The molecule has 0 unspecified atom stereocenters. The average molecular weight is 1600 g/mol. The quantitative estimate of drug-likeness (QED) is 0.0575. The van der Waals surface area contributed by atoms with Crippen molar-refractivity contribution in [1.82, 2.24) is 21.3 Å². The molecule has 0 spiro atoms. The molecule has 104 heavy (non-hydrogen) atoms. The summed E-state index contributed by atoms with van der Waals surface area (Å²) in [6.07, 6.45) is 25.2.